The van der Waals surface area contributed by atoms with Crippen molar-refractivity contribution in [3.8, 4) is 0 Å². The minimum Gasteiger partial charge on any atom is -0.313 e. The Balaban J connectivity index is 2.18. The number of halogens is 1. The van der Waals surface area contributed by atoms with E-state index in [2.05, 4.69) is 66.3 Å². The van der Waals surface area contributed by atoms with Gasteiger partial charge in [-0.3, -0.25) is 0 Å². The predicted octanol–water partition coefficient (Wildman–Crippen LogP) is 4.18. The lowest BCUT2D eigenvalue weighted by atomic mass is 10.1. The highest BCUT2D eigenvalue weighted by atomic mass is 79.9. The first-order chi connectivity index (χ1) is 7.59. The molecule has 0 radical (unpaired) electrons. The van der Waals surface area contributed by atoms with Gasteiger partial charge in [-0.15, -0.1) is 11.8 Å². The molecule has 0 amide bonds. The Morgan fingerprint density at radius 3 is 2.38 bits per heavy atom. The number of hydrogen-bond donors (Lipinski definition) is 1. The SMILES string of the molecule is CC(C)C(C)NCCSc1ccc(Br)cc1. The minimum absolute atomic E-state index is 0.602. The second-order valence-electron chi connectivity index (χ2n) is 4.29. The molecule has 1 atom stereocenters. The lowest BCUT2D eigenvalue weighted by Gasteiger charge is -2.17. The van der Waals surface area contributed by atoms with E-state index in [9.17, 15) is 0 Å². The number of rotatable bonds is 6. The molecule has 0 saturated heterocycles. The van der Waals surface area contributed by atoms with Gasteiger partial charge in [0.1, 0.15) is 0 Å². The molecular weight excluding hydrogens is 282 g/mol. The largest absolute Gasteiger partial charge is 0.313 e. The first kappa shape index (κ1) is 14.1. The molecule has 0 aliphatic rings. The van der Waals surface area contributed by atoms with Crippen LogP contribution in [-0.4, -0.2) is 18.3 Å². The Morgan fingerprint density at radius 2 is 1.81 bits per heavy atom. The van der Waals surface area contributed by atoms with E-state index in [0.717, 1.165) is 16.8 Å². The van der Waals surface area contributed by atoms with Crippen molar-refractivity contribution in [1.29, 1.82) is 0 Å². The van der Waals surface area contributed by atoms with Crippen LogP contribution in [0.15, 0.2) is 33.6 Å². The number of nitrogens with one attached hydrogen (secondary N) is 1. The van der Waals surface area contributed by atoms with Gasteiger partial charge in [-0.1, -0.05) is 29.8 Å². The van der Waals surface area contributed by atoms with E-state index in [0.29, 0.717) is 12.0 Å². The quantitative estimate of drug-likeness (QED) is 0.625. The molecule has 0 heterocycles. The molecule has 1 aromatic rings. The number of benzene rings is 1. The molecule has 0 aliphatic carbocycles. The predicted molar refractivity (Wildman–Crippen MR) is 77.2 cm³/mol. The van der Waals surface area contributed by atoms with Crippen molar-refractivity contribution in [2.24, 2.45) is 5.92 Å². The average Bonchev–Trinajstić information content (AvgIpc) is 2.26. The molecule has 0 aliphatic heterocycles. The maximum atomic E-state index is 3.53. The third kappa shape index (κ3) is 5.37. The number of thioether (sulfide) groups is 1. The Hall–Kier alpha value is 0.01000. The molecule has 1 aromatic carbocycles. The van der Waals surface area contributed by atoms with E-state index in [1.807, 2.05) is 11.8 Å². The van der Waals surface area contributed by atoms with Crippen LogP contribution >= 0.6 is 27.7 Å². The summed E-state index contributed by atoms with van der Waals surface area (Å²) < 4.78 is 1.14. The third-order valence-electron chi connectivity index (χ3n) is 2.65. The highest BCUT2D eigenvalue weighted by molar-refractivity contribution is 9.10. The molecule has 0 saturated carbocycles. The highest BCUT2D eigenvalue weighted by Gasteiger charge is 2.04. The zero-order valence-corrected chi connectivity index (χ0v) is 12.6. The maximum Gasteiger partial charge on any atom is 0.0176 e. The van der Waals surface area contributed by atoms with Crippen LogP contribution in [0.5, 0.6) is 0 Å². The fourth-order valence-electron chi connectivity index (χ4n) is 1.22. The molecule has 1 N–H and O–H groups in total. The minimum atomic E-state index is 0.602. The standard InChI is InChI=1S/C13H20BrNS/c1-10(2)11(3)15-8-9-16-13-6-4-12(14)5-7-13/h4-7,10-11,15H,8-9H2,1-3H3. The van der Waals surface area contributed by atoms with Crippen LogP contribution in [0.25, 0.3) is 0 Å². The second-order valence-corrected chi connectivity index (χ2v) is 6.37. The maximum absolute atomic E-state index is 3.53. The van der Waals surface area contributed by atoms with Crippen LogP contribution in [0, 0.1) is 5.92 Å². The van der Waals surface area contributed by atoms with Crippen LogP contribution in [-0.2, 0) is 0 Å². The smallest absolute Gasteiger partial charge is 0.0176 e. The molecule has 1 rings (SSSR count). The summed E-state index contributed by atoms with van der Waals surface area (Å²) in [5.41, 5.74) is 0. The molecule has 1 nitrogen and oxygen atoms in total. The fraction of sp³-hybridized carbons (Fsp3) is 0.538. The molecule has 16 heavy (non-hydrogen) atoms. The van der Waals surface area contributed by atoms with Gasteiger partial charge in [0.25, 0.3) is 0 Å². The molecule has 3 heteroatoms. The van der Waals surface area contributed by atoms with Crippen LogP contribution in [0.1, 0.15) is 20.8 Å². The van der Waals surface area contributed by atoms with Crippen LogP contribution in [0.2, 0.25) is 0 Å². The molecule has 0 fully saturated rings. The first-order valence-corrected chi connectivity index (χ1v) is 7.49. The van der Waals surface area contributed by atoms with E-state index >= 15 is 0 Å². The lowest BCUT2D eigenvalue weighted by Crippen LogP contribution is -2.32. The van der Waals surface area contributed by atoms with Gasteiger partial charge >= 0.3 is 0 Å². The van der Waals surface area contributed by atoms with Gasteiger partial charge in [-0.25, -0.2) is 0 Å². The van der Waals surface area contributed by atoms with Crippen molar-refractivity contribution in [1.82, 2.24) is 5.32 Å². The van der Waals surface area contributed by atoms with Crippen molar-refractivity contribution in [2.45, 2.75) is 31.7 Å². The molecule has 0 spiro atoms. The summed E-state index contributed by atoms with van der Waals surface area (Å²) in [4.78, 5) is 1.34. The summed E-state index contributed by atoms with van der Waals surface area (Å²) in [6.45, 7) is 7.81. The van der Waals surface area contributed by atoms with Crippen LogP contribution in [0.3, 0.4) is 0 Å². The van der Waals surface area contributed by atoms with Gasteiger partial charge in [0.05, 0.1) is 0 Å². The second kappa shape index (κ2) is 7.36. The Morgan fingerprint density at radius 1 is 1.19 bits per heavy atom. The Kier molecular flexibility index (Phi) is 6.47. The first-order valence-electron chi connectivity index (χ1n) is 5.71. The van der Waals surface area contributed by atoms with Gasteiger partial charge in [0, 0.05) is 27.7 Å². The monoisotopic (exact) mass is 301 g/mol. The molecule has 0 aromatic heterocycles. The van der Waals surface area contributed by atoms with Gasteiger partial charge in [-0.2, -0.15) is 0 Å². The highest BCUT2D eigenvalue weighted by Crippen LogP contribution is 2.20. The van der Waals surface area contributed by atoms with Gasteiger partial charge in [0.2, 0.25) is 0 Å². The summed E-state index contributed by atoms with van der Waals surface area (Å²) in [6.07, 6.45) is 0. The summed E-state index contributed by atoms with van der Waals surface area (Å²) in [5.74, 6) is 1.83. The zero-order chi connectivity index (χ0) is 12.0. The van der Waals surface area contributed by atoms with Crippen LogP contribution < -0.4 is 5.32 Å². The third-order valence-corrected chi connectivity index (χ3v) is 4.19. The van der Waals surface area contributed by atoms with E-state index in [1.54, 1.807) is 0 Å². The van der Waals surface area contributed by atoms with Crippen molar-refractivity contribution in [3.05, 3.63) is 28.7 Å². The molecule has 0 bridgehead atoms. The molecular formula is C13H20BrNS. The van der Waals surface area contributed by atoms with E-state index in [4.69, 9.17) is 0 Å². The molecule has 90 valence electrons. The van der Waals surface area contributed by atoms with Crippen molar-refractivity contribution in [3.63, 3.8) is 0 Å². The Labute approximate surface area is 112 Å². The Bertz CT molecular complexity index is 297. The van der Waals surface area contributed by atoms with Crippen LogP contribution in [0.4, 0.5) is 0 Å². The fourth-order valence-corrected chi connectivity index (χ4v) is 2.27. The van der Waals surface area contributed by atoms with Gasteiger partial charge in [-0.05, 0) is 37.1 Å². The normalized spacial score (nSPS) is 13.1. The molecule has 1 unspecified atom stereocenters. The van der Waals surface area contributed by atoms with Crippen molar-refractivity contribution >= 4 is 27.7 Å². The lowest BCUT2D eigenvalue weighted by molar-refractivity contribution is 0.438. The topological polar surface area (TPSA) is 12.0 Å². The van der Waals surface area contributed by atoms with E-state index < -0.39 is 0 Å². The average molecular weight is 302 g/mol. The summed E-state index contributed by atoms with van der Waals surface area (Å²) >= 11 is 5.34. The van der Waals surface area contributed by atoms with Gasteiger partial charge < -0.3 is 5.32 Å². The van der Waals surface area contributed by atoms with E-state index in [1.165, 1.54) is 4.90 Å². The van der Waals surface area contributed by atoms with Crippen molar-refractivity contribution < 1.29 is 0 Å². The van der Waals surface area contributed by atoms with Gasteiger partial charge in [0.15, 0.2) is 0 Å². The summed E-state index contributed by atoms with van der Waals surface area (Å²) in [6, 6.07) is 9.09. The van der Waals surface area contributed by atoms with E-state index in [-0.39, 0.29) is 0 Å². The van der Waals surface area contributed by atoms with Crippen molar-refractivity contribution in [2.75, 3.05) is 12.3 Å². The summed E-state index contributed by atoms with van der Waals surface area (Å²) in [5, 5.41) is 3.53. The summed E-state index contributed by atoms with van der Waals surface area (Å²) in [7, 11) is 0. The number of hydrogen-bond acceptors (Lipinski definition) is 2. The zero-order valence-electron chi connectivity index (χ0n) is 10.2.